The van der Waals surface area contributed by atoms with Gasteiger partial charge in [-0.05, 0) is 62.0 Å². The van der Waals surface area contributed by atoms with Gasteiger partial charge >= 0.3 is 0 Å². The van der Waals surface area contributed by atoms with Crippen molar-refractivity contribution in [3.63, 3.8) is 0 Å². The van der Waals surface area contributed by atoms with Crippen LogP contribution in [0.1, 0.15) is 42.6 Å². The lowest BCUT2D eigenvalue weighted by Gasteiger charge is -2.33. The van der Waals surface area contributed by atoms with Crippen molar-refractivity contribution in [1.29, 1.82) is 0 Å². The average Bonchev–Trinajstić information content (AvgIpc) is 3.26. The van der Waals surface area contributed by atoms with Crippen LogP contribution in [0.4, 0.5) is 5.82 Å². The van der Waals surface area contributed by atoms with Gasteiger partial charge in [0.1, 0.15) is 11.6 Å². The van der Waals surface area contributed by atoms with Gasteiger partial charge in [-0.15, -0.1) is 0 Å². The van der Waals surface area contributed by atoms with Crippen LogP contribution in [-0.2, 0) is 11.2 Å². The minimum atomic E-state index is -0.187. The number of piperidine rings is 1. The first-order valence-electron chi connectivity index (χ1n) is 11.7. The number of fused-ring (bicyclic) bond motifs is 1. The van der Waals surface area contributed by atoms with Crippen molar-refractivity contribution < 1.29 is 9.84 Å². The number of hydrogen-bond donors (Lipinski definition) is 2. The molecule has 0 spiro atoms. The van der Waals surface area contributed by atoms with E-state index in [0.717, 1.165) is 54.4 Å². The number of aryl methyl sites for hydroxylation is 2. The van der Waals surface area contributed by atoms with E-state index in [1.165, 1.54) is 24.0 Å². The Hall–Kier alpha value is -2.55. The fraction of sp³-hybridized carbons (Fsp3) is 0.542. The maximum atomic E-state index is 9.53. The smallest absolute Gasteiger partial charge is 0.159 e. The summed E-state index contributed by atoms with van der Waals surface area (Å²) in [5.74, 6) is 3.02. The minimum absolute atomic E-state index is 0.0116. The third-order valence-electron chi connectivity index (χ3n) is 6.68. The maximum Gasteiger partial charge on any atom is 0.159 e. The Balaban J connectivity index is 1.55. The molecular weight excluding hydrogens is 404 g/mol. The molecule has 2 N–H and O–H groups in total. The molecule has 2 saturated heterocycles. The second kappa shape index (κ2) is 9.13. The first-order valence-corrected chi connectivity index (χ1v) is 11.7. The molecule has 2 aliphatic rings. The number of aliphatic hydroxyl groups excluding tert-OH is 1. The number of anilines is 1. The highest BCUT2D eigenvalue weighted by atomic mass is 16.5. The fourth-order valence-electron chi connectivity index (χ4n) is 4.90. The topological polar surface area (TPSA) is 88.3 Å². The summed E-state index contributed by atoms with van der Waals surface area (Å²) in [6.07, 6.45) is 4.82. The second-order valence-corrected chi connectivity index (χ2v) is 8.82. The third kappa shape index (κ3) is 4.10. The molecule has 2 aliphatic heterocycles. The Kier molecular flexibility index (Phi) is 6.08. The molecule has 8 heteroatoms. The predicted molar refractivity (Wildman–Crippen MR) is 125 cm³/mol. The zero-order chi connectivity index (χ0) is 22.1. The van der Waals surface area contributed by atoms with Crippen molar-refractivity contribution in [2.45, 2.75) is 45.1 Å². The van der Waals surface area contributed by atoms with Crippen LogP contribution >= 0.6 is 0 Å². The lowest BCUT2D eigenvalue weighted by molar-refractivity contribution is 0.00334. The van der Waals surface area contributed by atoms with E-state index in [-0.39, 0.29) is 12.7 Å². The van der Waals surface area contributed by atoms with E-state index in [1.807, 2.05) is 16.9 Å². The van der Waals surface area contributed by atoms with Gasteiger partial charge in [0.25, 0.3) is 0 Å². The van der Waals surface area contributed by atoms with E-state index < -0.39 is 0 Å². The number of morpholine rings is 1. The molecule has 1 aromatic carbocycles. The van der Waals surface area contributed by atoms with E-state index in [2.05, 4.69) is 36.2 Å². The number of aliphatic hydroxyl groups is 1. The van der Waals surface area contributed by atoms with Crippen molar-refractivity contribution >= 4 is 16.7 Å². The van der Waals surface area contributed by atoms with Gasteiger partial charge < -0.3 is 20.1 Å². The normalized spacial score (nSPS) is 20.2. The van der Waals surface area contributed by atoms with Crippen molar-refractivity contribution in [3.05, 3.63) is 41.3 Å². The lowest BCUT2D eigenvalue weighted by Crippen LogP contribution is -2.44. The van der Waals surface area contributed by atoms with E-state index in [0.29, 0.717) is 19.1 Å². The maximum absolute atomic E-state index is 9.53. The zero-order valence-electron chi connectivity index (χ0n) is 18.9. The Labute approximate surface area is 188 Å². The van der Waals surface area contributed by atoms with Crippen LogP contribution in [0.3, 0.4) is 0 Å². The molecule has 4 heterocycles. The van der Waals surface area contributed by atoms with Gasteiger partial charge in [-0.1, -0.05) is 6.92 Å². The summed E-state index contributed by atoms with van der Waals surface area (Å²) < 4.78 is 7.57. The molecule has 3 aromatic rings. The van der Waals surface area contributed by atoms with Gasteiger partial charge in [0.15, 0.2) is 5.82 Å². The van der Waals surface area contributed by atoms with Crippen LogP contribution in [0.15, 0.2) is 24.4 Å². The van der Waals surface area contributed by atoms with E-state index in [9.17, 15) is 5.11 Å². The summed E-state index contributed by atoms with van der Waals surface area (Å²) in [5, 5.41) is 18.8. The SMILES string of the molecule is CCc1nc(N2CCO[C@@H](CO)C2)cc(-n2ncc3cc(C)c(C4CCNCC4)cc32)n1. The van der Waals surface area contributed by atoms with Gasteiger partial charge in [0.2, 0.25) is 0 Å². The van der Waals surface area contributed by atoms with Gasteiger partial charge in [0, 0.05) is 31.0 Å². The molecule has 2 fully saturated rings. The minimum Gasteiger partial charge on any atom is -0.394 e. The second-order valence-electron chi connectivity index (χ2n) is 8.82. The summed E-state index contributed by atoms with van der Waals surface area (Å²) in [4.78, 5) is 11.8. The molecule has 5 rings (SSSR count). The molecule has 0 aliphatic carbocycles. The molecule has 0 saturated carbocycles. The quantitative estimate of drug-likeness (QED) is 0.635. The largest absolute Gasteiger partial charge is 0.394 e. The first kappa shape index (κ1) is 21.3. The standard InChI is InChI=1S/C24H32N6O2/c1-3-22-27-23(29-8-9-32-19(14-29)15-31)12-24(28-22)30-21-11-20(17-4-6-25-7-5-17)16(2)10-18(21)13-26-30/h10-13,17,19,25,31H,3-9,14-15H2,1-2H3/t19-/m1/s1. The molecular formula is C24H32N6O2. The molecule has 2 aromatic heterocycles. The highest BCUT2D eigenvalue weighted by molar-refractivity contribution is 5.82. The number of nitrogens with one attached hydrogen (secondary N) is 1. The Bertz CT molecular complexity index is 1090. The van der Waals surface area contributed by atoms with Crippen LogP contribution in [-0.4, -0.2) is 70.4 Å². The monoisotopic (exact) mass is 436 g/mol. The van der Waals surface area contributed by atoms with Gasteiger partial charge in [0.05, 0.1) is 31.0 Å². The van der Waals surface area contributed by atoms with Crippen LogP contribution < -0.4 is 10.2 Å². The van der Waals surface area contributed by atoms with Crippen LogP contribution in [0.5, 0.6) is 0 Å². The number of rotatable bonds is 5. The van der Waals surface area contributed by atoms with Crippen LogP contribution in [0, 0.1) is 6.92 Å². The molecule has 0 bridgehead atoms. The number of ether oxygens (including phenoxy) is 1. The van der Waals surface area contributed by atoms with Gasteiger partial charge in [-0.2, -0.15) is 5.10 Å². The third-order valence-corrected chi connectivity index (χ3v) is 6.68. The van der Waals surface area contributed by atoms with Crippen LogP contribution in [0.25, 0.3) is 16.7 Å². The summed E-state index contributed by atoms with van der Waals surface area (Å²) in [6, 6.07) is 6.58. The van der Waals surface area contributed by atoms with Crippen molar-refractivity contribution in [3.8, 4) is 5.82 Å². The van der Waals surface area contributed by atoms with Gasteiger partial charge in [-0.3, -0.25) is 0 Å². The number of nitrogens with zero attached hydrogens (tertiary/aromatic N) is 5. The molecule has 32 heavy (non-hydrogen) atoms. The summed E-state index contributed by atoms with van der Waals surface area (Å²) >= 11 is 0. The fourth-order valence-corrected chi connectivity index (χ4v) is 4.90. The van der Waals surface area contributed by atoms with Gasteiger partial charge in [-0.25, -0.2) is 14.6 Å². The number of benzene rings is 1. The Morgan fingerprint density at radius 2 is 1.97 bits per heavy atom. The summed E-state index contributed by atoms with van der Waals surface area (Å²) in [7, 11) is 0. The first-order chi connectivity index (χ1) is 15.7. The molecule has 0 amide bonds. The number of hydrogen-bond acceptors (Lipinski definition) is 7. The van der Waals surface area contributed by atoms with Crippen molar-refractivity contribution in [2.75, 3.05) is 44.3 Å². The highest BCUT2D eigenvalue weighted by Crippen LogP contribution is 2.32. The van der Waals surface area contributed by atoms with Crippen molar-refractivity contribution in [2.24, 2.45) is 0 Å². The lowest BCUT2D eigenvalue weighted by atomic mass is 9.87. The molecule has 170 valence electrons. The summed E-state index contributed by atoms with van der Waals surface area (Å²) in [6.45, 7) is 8.38. The molecule has 0 radical (unpaired) electrons. The molecule has 1 atom stereocenters. The molecule has 8 nitrogen and oxygen atoms in total. The predicted octanol–water partition coefficient (Wildman–Crippen LogP) is 2.35. The Morgan fingerprint density at radius 3 is 2.75 bits per heavy atom. The summed E-state index contributed by atoms with van der Waals surface area (Å²) in [5.41, 5.74) is 3.85. The Morgan fingerprint density at radius 1 is 1.16 bits per heavy atom. The van der Waals surface area contributed by atoms with Crippen LogP contribution in [0.2, 0.25) is 0 Å². The zero-order valence-corrected chi connectivity index (χ0v) is 18.9. The average molecular weight is 437 g/mol. The van der Waals surface area contributed by atoms with E-state index >= 15 is 0 Å². The van der Waals surface area contributed by atoms with E-state index in [1.54, 1.807) is 0 Å². The van der Waals surface area contributed by atoms with E-state index in [4.69, 9.17) is 19.8 Å². The highest BCUT2D eigenvalue weighted by Gasteiger charge is 2.23. The molecule has 0 unspecified atom stereocenters. The van der Waals surface area contributed by atoms with Crippen molar-refractivity contribution in [1.82, 2.24) is 25.1 Å². The number of aromatic nitrogens is 4.